The topological polar surface area (TPSA) is 9.23 Å². The summed E-state index contributed by atoms with van der Waals surface area (Å²) in [6, 6.07) is 0. The molecule has 25 heavy (non-hydrogen) atoms. The van der Waals surface area contributed by atoms with Crippen LogP contribution in [0, 0.1) is 29.6 Å². The molecule has 0 aromatic carbocycles. The molecule has 0 aromatic heterocycles. The third-order valence-electron chi connectivity index (χ3n) is 8.05. The molecule has 1 aliphatic heterocycles. The maximum absolute atomic E-state index is 6.39. The first kappa shape index (κ1) is 19.7. The predicted molar refractivity (Wildman–Crippen MR) is 108 cm³/mol. The lowest BCUT2D eigenvalue weighted by Crippen LogP contribution is -2.34. The number of rotatable bonds is 7. The molecule has 3 fully saturated rings. The minimum absolute atomic E-state index is 0.610. The van der Waals surface area contributed by atoms with Crippen molar-refractivity contribution in [2.45, 2.75) is 116 Å². The van der Waals surface area contributed by atoms with Crippen LogP contribution in [0.3, 0.4) is 0 Å². The summed E-state index contributed by atoms with van der Waals surface area (Å²) < 4.78 is 6.39. The molecule has 0 N–H and O–H groups in total. The molecular formula is C24H44O. The lowest BCUT2D eigenvalue weighted by atomic mass is 9.75. The molecule has 3 rings (SSSR count). The molecule has 1 heteroatoms. The first-order chi connectivity index (χ1) is 12.3. The van der Waals surface area contributed by atoms with E-state index in [0.717, 1.165) is 36.2 Å². The quantitative estimate of drug-likeness (QED) is 0.466. The fourth-order valence-corrected chi connectivity index (χ4v) is 6.08. The van der Waals surface area contributed by atoms with Gasteiger partial charge < -0.3 is 4.74 Å². The van der Waals surface area contributed by atoms with Crippen LogP contribution in [0.5, 0.6) is 0 Å². The van der Waals surface area contributed by atoms with Gasteiger partial charge in [-0.25, -0.2) is 0 Å². The van der Waals surface area contributed by atoms with Gasteiger partial charge in [-0.1, -0.05) is 78.1 Å². The van der Waals surface area contributed by atoms with Gasteiger partial charge in [-0.2, -0.15) is 0 Å². The number of hydrogen-bond donors (Lipinski definition) is 0. The lowest BCUT2D eigenvalue weighted by molar-refractivity contribution is -0.0605. The fraction of sp³-hybridized carbons (Fsp3) is 1.00. The third kappa shape index (κ3) is 5.98. The van der Waals surface area contributed by atoms with Crippen molar-refractivity contribution in [3.8, 4) is 0 Å². The Kier molecular flexibility index (Phi) is 8.15. The average Bonchev–Trinajstić information content (AvgIpc) is 2.68. The van der Waals surface area contributed by atoms with Crippen LogP contribution in [-0.4, -0.2) is 12.7 Å². The minimum atomic E-state index is 0.610. The summed E-state index contributed by atoms with van der Waals surface area (Å²) in [4.78, 5) is 0. The Hall–Kier alpha value is -0.0400. The number of ether oxygens (including phenoxy) is 1. The monoisotopic (exact) mass is 348 g/mol. The molecule has 2 atom stereocenters. The van der Waals surface area contributed by atoms with E-state index in [9.17, 15) is 0 Å². The first-order valence-electron chi connectivity index (χ1n) is 11.9. The van der Waals surface area contributed by atoms with E-state index < -0.39 is 0 Å². The van der Waals surface area contributed by atoms with Gasteiger partial charge in [0.1, 0.15) is 0 Å². The van der Waals surface area contributed by atoms with E-state index in [1.165, 1.54) is 96.3 Å². The summed E-state index contributed by atoms with van der Waals surface area (Å²) in [6.45, 7) is 5.78. The van der Waals surface area contributed by atoms with Gasteiger partial charge in [-0.15, -0.1) is 0 Å². The van der Waals surface area contributed by atoms with Crippen molar-refractivity contribution in [2.75, 3.05) is 6.61 Å². The maximum atomic E-state index is 6.39. The highest BCUT2D eigenvalue weighted by Gasteiger charge is 2.31. The van der Waals surface area contributed by atoms with Crippen molar-refractivity contribution in [1.29, 1.82) is 0 Å². The minimum Gasteiger partial charge on any atom is -0.378 e. The summed E-state index contributed by atoms with van der Waals surface area (Å²) in [6.07, 6.45) is 22.5. The summed E-state index contributed by atoms with van der Waals surface area (Å²) in [5.74, 6) is 4.87. The van der Waals surface area contributed by atoms with Gasteiger partial charge in [0.05, 0.1) is 6.10 Å². The van der Waals surface area contributed by atoms with E-state index in [2.05, 4.69) is 13.8 Å². The van der Waals surface area contributed by atoms with Crippen LogP contribution >= 0.6 is 0 Å². The maximum Gasteiger partial charge on any atom is 0.0603 e. The molecule has 0 radical (unpaired) electrons. The van der Waals surface area contributed by atoms with E-state index in [1.54, 1.807) is 0 Å². The second-order valence-corrected chi connectivity index (χ2v) is 9.76. The molecule has 0 aromatic rings. The molecule has 2 saturated carbocycles. The van der Waals surface area contributed by atoms with Gasteiger partial charge in [-0.3, -0.25) is 0 Å². The molecule has 1 heterocycles. The van der Waals surface area contributed by atoms with Crippen molar-refractivity contribution >= 4 is 0 Å². The molecule has 1 nitrogen and oxygen atoms in total. The fourth-order valence-electron chi connectivity index (χ4n) is 6.08. The summed E-state index contributed by atoms with van der Waals surface area (Å²) >= 11 is 0. The van der Waals surface area contributed by atoms with Crippen LogP contribution < -0.4 is 0 Å². The highest BCUT2D eigenvalue weighted by Crippen LogP contribution is 2.39. The van der Waals surface area contributed by atoms with Crippen LogP contribution in [-0.2, 0) is 4.74 Å². The van der Waals surface area contributed by atoms with Crippen LogP contribution in [0.15, 0.2) is 0 Å². The Morgan fingerprint density at radius 2 is 1.16 bits per heavy atom. The average molecular weight is 349 g/mol. The molecule has 0 bridgehead atoms. The second kappa shape index (κ2) is 10.3. The van der Waals surface area contributed by atoms with E-state index >= 15 is 0 Å². The molecule has 0 amide bonds. The normalized spacial score (nSPS) is 40.1. The number of hydrogen-bond acceptors (Lipinski definition) is 1. The van der Waals surface area contributed by atoms with Gasteiger partial charge >= 0.3 is 0 Å². The SMILES string of the molecule is CCCC1CCC(CCC2CCC(C3CCC(CC)CC3)OC2)CC1. The molecule has 0 spiro atoms. The highest BCUT2D eigenvalue weighted by atomic mass is 16.5. The van der Waals surface area contributed by atoms with Gasteiger partial charge in [0.15, 0.2) is 0 Å². The summed E-state index contributed by atoms with van der Waals surface area (Å²) in [7, 11) is 0. The highest BCUT2D eigenvalue weighted by molar-refractivity contribution is 4.82. The van der Waals surface area contributed by atoms with Crippen molar-refractivity contribution in [3.63, 3.8) is 0 Å². The standard InChI is InChI=1S/C24H44O/c1-3-5-20-6-8-21(9-7-20)10-11-22-14-17-24(25-18-22)23-15-12-19(4-2)13-16-23/h19-24H,3-18H2,1-2H3. The zero-order chi connectivity index (χ0) is 17.5. The lowest BCUT2D eigenvalue weighted by Gasteiger charge is -2.38. The van der Waals surface area contributed by atoms with Crippen LogP contribution in [0.4, 0.5) is 0 Å². The molecule has 2 aliphatic carbocycles. The molecule has 2 unspecified atom stereocenters. The Morgan fingerprint density at radius 3 is 1.72 bits per heavy atom. The first-order valence-corrected chi connectivity index (χ1v) is 11.9. The van der Waals surface area contributed by atoms with Crippen molar-refractivity contribution in [3.05, 3.63) is 0 Å². The molecule has 1 saturated heterocycles. The molecule has 146 valence electrons. The smallest absolute Gasteiger partial charge is 0.0603 e. The van der Waals surface area contributed by atoms with Crippen molar-refractivity contribution in [2.24, 2.45) is 29.6 Å². The summed E-state index contributed by atoms with van der Waals surface area (Å²) in [5, 5.41) is 0. The summed E-state index contributed by atoms with van der Waals surface area (Å²) in [5.41, 5.74) is 0. The van der Waals surface area contributed by atoms with Gasteiger partial charge in [0.25, 0.3) is 0 Å². The van der Waals surface area contributed by atoms with Crippen molar-refractivity contribution < 1.29 is 4.74 Å². The van der Waals surface area contributed by atoms with E-state index in [1.807, 2.05) is 0 Å². The zero-order valence-electron chi connectivity index (χ0n) is 17.2. The van der Waals surface area contributed by atoms with E-state index in [4.69, 9.17) is 4.74 Å². The van der Waals surface area contributed by atoms with E-state index in [0.29, 0.717) is 6.10 Å². The Morgan fingerprint density at radius 1 is 0.600 bits per heavy atom. The predicted octanol–water partition coefficient (Wildman–Crippen LogP) is 7.38. The van der Waals surface area contributed by atoms with Crippen LogP contribution in [0.2, 0.25) is 0 Å². The molecule has 3 aliphatic rings. The van der Waals surface area contributed by atoms with E-state index in [-0.39, 0.29) is 0 Å². The van der Waals surface area contributed by atoms with Gasteiger partial charge in [-0.05, 0) is 61.7 Å². The zero-order valence-corrected chi connectivity index (χ0v) is 17.2. The molecular weight excluding hydrogens is 304 g/mol. The van der Waals surface area contributed by atoms with Crippen LogP contribution in [0.25, 0.3) is 0 Å². The largest absolute Gasteiger partial charge is 0.378 e. The Labute approximate surface area is 157 Å². The van der Waals surface area contributed by atoms with Crippen LogP contribution in [0.1, 0.15) is 110 Å². The van der Waals surface area contributed by atoms with Crippen molar-refractivity contribution in [1.82, 2.24) is 0 Å². The third-order valence-corrected chi connectivity index (χ3v) is 8.05. The van der Waals surface area contributed by atoms with Gasteiger partial charge in [0.2, 0.25) is 0 Å². The second-order valence-electron chi connectivity index (χ2n) is 9.76. The Bertz CT molecular complexity index is 341. The Balaban J connectivity index is 1.28. The van der Waals surface area contributed by atoms with Gasteiger partial charge in [0, 0.05) is 6.61 Å².